The van der Waals surface area contributed by atoms with Gasteiger partial charge in [0.2, 0.25) is 0 Å². The summed E-state index contributed by atoms with van der Waals surface area (Å²) in [6.45, 7) is 8.97. The second kappa shape index (κ2) is 12.8. The Morgan fingerprint density at radius 1 is 0.923 bits per heavy atom. The summed E-state index contributed by atoms with van der Waals surface area (Å²) in [6, 6.07) is 24.6. The lowest BCUT2D eigenvalue weighted by Gasteiger charge is -2.38. The van der Waals surface area contributed by atoms with E-state index in [1.165, 1.54) is 5.56 Å². The van der Waals surface area contributed by atoms with Crippen LogP contribution in [0.4, 0.5) is 0 Å². The zero-order chi connectivity index (χ0) is 27.0. The Hall–Kier alpha value is -3.85. The number of tetrazole rings is 1. The molecule has 0 amide bonds. The van der Waals surface area contributed by atoms with Gasteiger partial charge in [-0.2, -0.15) is 4.68 Å². The molecule has 1 saturated heterocycles. The SMILES string of the molecule is Cc1cccc(C)c1-n1nnnc1[C@H](c1cccc(OCCO)c1)N1CCN(CC=Cc2ccccc2)CC1. The van der Waals surface area contributed by atoms with Gasteiger partial charge in [-0.05, 0) is 58.7 Å². The number of aliphatic hydroxyl groups is 1. The van der Waals surface area contributed by atoms with Crippen molar-refractivity contribution in [2.24, 2.45) is 0 Å². The van der Waals surface area contributed by atoms with Crippen molar-refractivity contribution in [3.8, 4) is 11.4 Å². The third-order valence-electron chi connectivity index (χ3n) is 7.17. The number of aryl methyl sites for hydroxylation is 2. The van der Waals surface area contributed by atoms with Gasteiger partial charge in [0.1, 0.15) is 12.4 Å². The third kappa shape index (κ3) is 6.42. The Kier molecular flexibility index (Phi) is 8.78. The minimum atomic E-state index is -0.154. The molecule has 1 aliphatic rings. The third-order valence-corrected chi connectivity index (χ3v) is 7.17. The smallest absolute Gasteiger partial charge is 0.178 e. The molecule has 8 nitrogen and oxygen atoms in total. The van der Waals surface area contributed by atoms with Crippen molar-refractivity contribution in [1.29, 1.82) is 0 Å². The van der Waals surface area contributed by atoms with E-state index >= 15 is 0 Å². The summed E-state index contributed by atoms with van der Waals surface area (Å²) in [7, 11) is 0. The molecular weight excluding hydrogens is 488 g/mol. The molecule has 0 radical (unpaired) electrons. The first kappa shape index (κ1) is 26.7. The molecule has 0 spiro atoms. The molecular formula is C31H36N6O2. The van der Waals surface area contributed by atoms with E-state index < -0.39 is 0 Å². The Morgan fingerprint density at radius 3 is 2.41 bits per heavy atom. The van der Waals surface area contributed by atoms with Crippen LogP contribution in [0.15, 0.2) is 78.9 Å². The van der Waals surface area contributed by atoms with Crippen molar-refractivity contribution in [1.82, 2.24) is 30.0 Å². The fourth-order valence-electron chi connectivity index (χ4n) is 5.23. The van der Waals surface area contributed by atoms with E-state index in [0.717, 1.165) is 66.7 Å². The molecule has 1 aliphatic heterocycles. The number of para-hydroxylation sites is 1. The highest BCUT2D eigenvalue weighted by molar-refractivity contribution is 5.49. The van der Waals surface area contributed by atoms with Crippen molar-refractivity contribution < 1.29 is 9.84 Å². The topological polar surface area (TPSA) is 79.5 Å². The Bertz CT molecular complexity index is 1360. The average molecular weight is 525 g/mol. The highest BCUT2D eigenvalue weighted by Crippen LogP contribution is 2.32. The summed E-state index contributed by atoms with van der Waals surface area (Å²) >= 11 is 0. The molecule has 4 aromatic rings. The Morgan fingerprint density at radius 2 is 1.67 bits per heavy atom. The Labute approximate surface area is 230 Å². The van der Waals surface area contributed by atoms with Gasteiger partial charge in [0.05, 0.1) is 18.3 Å². The van der Waals surface area contributed by atoms with Crippen LogP contribution in [0.2, 0.25) is 0 Å². The lowest BCUT2D eigenvalue weighted by Crippen LogP contribution is -2.48. The molecule has 3 aromatic carbocycles. The van der Waals surface area contributed by atoms with E-state index in [0.29, 0.717) is 0 Å². The Balaban J connectivity index is 1.41. The normalized spacial score (nSPS) is 15.6. The van der Waals surface area contributed by atoms with Gasteiger partial charge in [0.25, 0.3) is 0 Å². The largest absolute Gasteiger partial charge is 0.491 e. The van der Waals surface area contributed by atoms with Gasteiger partial charge >= 0.3 is 0 Å². The van der Waals surface area contributed by atoms with Gasteiger partial charge in [-0.1, -0.05) is 72.8 Å². The van der Waals surface area contributed by atoms with Crippen LogP contribution in [0.25, 0.3) is 11.8 Å². The summed E-state index contributed by atoms with van der Waals surface area (Å²) in [5, 5.41) is 22.4. The number of piperazine rings is 1. The lowest BCUT2D eigenvalue weighted by molar-refractivity contribution is 0.113. The number of aliphatic hydroxyl groups excluding tert-OH is 1. The van der Waals surface area contributed by atoms with Crippen LogP contribution in [0.3, 0.4) is 0 Å². The number of benzene rings is 3. The van der Waals surface area contributed by atoms with Crippen LogP contribution in [-0.4, -0.2) is 81.1 Å². The summed E-state index contributed by atoms with van der Waals surface area (Å²) in [5.74, 6) is 1.51. The highest BCUT2D eigenvalue weighted by Gasteiger charge is 2.31. The zero-order valence-corrected chi connectivity index (χ0v) is 22.6. The van der Waals surface area contributed by atoms with E-state index in [-0.39, 0.29) is 19.3 Å². The molecule has 202 valence electrons. The number of ether oxygens (including phenoxy) is 1. The van der Waals surface area contributed by atoms with Crippen LogP contribution >= 0.6 is 0 Å². The van der Waals surface area contributed by atoms with Gasteiger partial charge in [-0.15, -0.1) is 5.10 Å². The molecule has 1 aromatic heterocycles. The van der Waals surface area contributed by atoms with Gasteiger partial charge in [0, 0.05) is 32.7 Å². The first-order chi connectivity index (χ1) is 19.1. The second-order valence-electron chi connectivity index (χ2n) is 9.89. The first-order valence-electron chi connectivity index (χ1n) is 13.5. The van der Waals surface area contributed by atoms with Crippen LogP contribution < -0.4 is 4.74 Å². The van der Waals surface area contributed by atoms with E-state index in [1.807, 2.05) is 28.9 Å². The molecule has 0 bridgehead atoms. The van der Waals surface area contributed by atoms with Crippen molar-refractivity contribution in [2.45, 2.75) is 19.9 Å². The van der Waals surface area contributed by atoms with Crippen LogP contribution in [0, 0.1) is 13.8 Å². The average Bonchev–Trinajstić information content (AvgIpc) is 3.42. The standard InChI is InChI=1S/C31H36N6O2/c1-24-9-6-10-25(2)29(24)37-31(32-33-34-37)30(27-14-7-15-28(23-27)39-22-21-38)36-19-17-35(18-20-36)16-8-13-26-11-4-3-5-12-26/h3-15,23,30,38H,16-22H2,1-2H3/t30-/m0/s1. The van der Waals surface area contributed by atoms with E-state index in [1.54, 1.807) is 0 Å². The van der Waals surface area contributed by atoms with Gasteiger partial charge < -0.3 is 9.84 Å². The molecule has 1 fully saturated rings. The quantitative estimate of drug-likeness (QED) is 0.335. The maximum absolute atomic E-state index is 9.25. The number of hydrogen-bond acceptors (Lipinski definition) is 7. The van der Waals surface area contributed by atoms with Gasteiger partial charge in [-0.25, -0.2) is 0 Å². The van der Waals surface area contributed by atoms with Crippen molar-refractivity contribution in [3.63, 3.8) is 0 Å². The fraction of sp³-hybridized carbons (Fsp3) is 0.323. The molecule has 1 atom stereocenters. The summed E-state index contributed by atoms with van der Waals surface area (Å²) in [5.41, 5.74) is 5.54. The van der Waals surface area contributed by atoms with Crippen molar-refractivity contribution >= 4 is 6.08 Å². The molecule has 8 heteroatoms. The maximum atomic E-state index is 9.25. The predicted molar refractivity (Wildman–Crippen MR) is 153 cm³/mol. The van der Waals surface area contributed by atoms with Crippen LogP contribution in [0.5, 0.6) is 5.75 Å². The molecule has 39 heavy (non-hydrogen) atoms. The van der Waals surface area contributed by atoms with E-state index in [4.69, 9.17) is 4.74 Å². The molecule has 2 heterocycles. The highest BCUT2D eigenvalue weighted by atomic mass is 16.5. The van der Waals surface area contributed by atoms with Crippen LogP contribution in [0.1, 0.15) is 34.1 Å². The lowest BCUT2D eigenvalue weighted by atomic mass is 10.0. The van der Waals surface area contributed by atoms with Crippen molar-refractivity contribution in [3.05, 3.63) is 107 Å². The summed E-state index contributed by atoms with van der Waals surface area (Å²) < 4.78 is 7.65. The zero-order valence-electron chi connectivity index (χ0n) is 22.6. The minimum absolute atomic E-state index is 0.0286. The number of rotatable bonds is 10. The number of aromatic nitrogens is 4. The number of hydrogen-bond donors (Lipinski definition) is 1. The second-order valence-corrected chi connectivity index (χ2v) is 9.89. The van der Waals surface area contributed by atoms with E-state index in [2.05, 4.69) is 99.9 Å². The van der Waals surface area contributed by atoms with Crippen LogP contribution in [-0.2, 0) is 0 Å². The minimum Gasteiger partial charge on any atom is -0.491 e. The monoisotopic (exact) mass is 524 g/mol. The number of nitrogens with zero attached hydrogens (tertiary/aromatic N) is 6. The van der Waals surface area contributed by atoms with E-state index in [9.17, 15) is 5.11 Å². The molecule has 5 rings (SSSR count). The first-order valence-corrected chi connectivity index (χ1v) is 13.5. The summed E-state index contributed by atoms with van der Waals surface area (Å²) in [6.07, 6.45) is 4.43. The van der Waals surface area contributed by atoms with Gasteiger partial charge in [-0.3, -0.25) is 9.80 Å². The predicted octanol–water partition coefficient (Wildman–Crippen LogP) is 4.07. The molecule has 0 saturated carbocycles. The fourth-order valence-corrected chi connectivity index (χ4v) is 5.23. The molecule has 0 aliphatic carbocycles. The molecule has 1 N–H and O–H groups in total. The molecule has 0 unspecified atom stereocenters. The van der Waals surface area contributed by atoms with Crippen molar-refractivity contribution in [2.75, 3.05) is 45.9 Å². The maximum Gasteiger partial charge on any atom is 0.178 e. The summed E-state index contributed by atoms with van der Waals surface area (Å²) in [4.78, 5) is 4.93. The van der Waals surface area contributed by atoms with Gasteiger partial charge in [0.15, 0.2) is 5.82 Å².